The lowest BCUT2D eigenvalue weighted by molar-refractivity contribution is -0.121. The number of phenols is 1. The predicted octanol–water partition coefficient (Wildman–Crippen LogP) is 3.23. The Morgan fingerprint density at radius 1 is 1.24 bits per heavy atom. The van der Waals surface area contributed by atoms with Gasteiger partial charge in [0.2, 0.25) is 5.91 Å². The number of rotatable bonds is 2. The number of halogens is 1. The molecule has 130 valence electrons. The highest BCUT2D eigenvalue weighted by Gasteiger charge is 2.34. The molecule has 2 amide bonds. The zero-order valence-electron chi connectivity index (χ0n) is 14.1. The van der Waals surface area contributed by atoms with Gasteiger partial charge in [-0.3, -0.25) is 9.59 Å². The number of benzene rings is 2. The van der Waals surface area contributed by atoms with E-state index in [0.717, 1.165) is 5.69 Å². The molecule has 0 saturated carbocycles. The second kappa shape index (κ2) is 6.76. The first-order valence-corrected chi connectivity index (χ1v) is 8.41. The number of carbonyl (C=O) groups is 2. The highest BCUT2D eigenvalue weighted by Crippen LogP contribution is 2.27. The van der Waals surface area contributed by atoms with Gasteiger partial charge in [-0.1, -0.05) is 29.8 Å². The summed E-state index contributed by atoms with van der Waals surface area (Å²) in [4.78, 5) is 28.5. The van der Waals surface area contributed by atoms with E-state index in [-0.39, 0.29) is 35.7 Å². The molecule has 2 aromatic rings. The van der Waals surface area contributed by atoms with Gasteiger partial charge in [0.25, 0.3) is 5.91 Å². The molecule has 0 aliphatic carbocycles. The number of hydrogen-bond donors (Lipinski definition) is 1. The monoisotopic (exact) mass is 358 g/mol. The number of carbonyl (C=O) groups excluding carboxylic acids is 2. The molecule has 1 unspecified atom stereocenters. The Balaban J connectivity index is 1.84. The molecular weight excluding hydrogens is 340 g/mol. The smallest absolute Gasteiger partial charge is 0.258 e. The van der Waals surface area contributed by atoms with Crippen molar-refractivity contribution in [1.82, 2.24) is 4.90 Å². The first kappa shape index (κ1) is 17.3. The van der Waals surface area contributed by atoms with Crippen LogP contribution in [0.25, 0.3) is 0 Å². The van der Waals surface area contributed by atoms with Crippen LogP contribution in [0.1, 0.15) is 22.8 Å². The van der Waals surface area contributed by atoms with Crippen molar-refractivity contribution in [3.63, 3.8) is 0 Å². The predicted molar refractivity (Wildman–Crippen MR) is 97.1 cm³/mol. The molecule has 6 heteroatoms. The molecule has 1 N–H and O–H groups in total. The fourth-order valence-corrected chi connectivity index (χ4v) is 3.19. The summed E-state index contributed by atoms with van der Waals surface area (Å²) in [6, 6.07) is 11.9. The van der Waals surface area contributed by atoms with Crippen molar-refractivity contribution in [2.75, 3.05) is 18.0 Å². The summed E-state index contributed by atoms with van der Waals surface area (Å²) >= 11 is 6.01. The van der Waals surface area contributed by atoms with Gasteiger partial charge in [0.1, 0.15) is 12.3 Å². The van der Waals surface area contributed by atoms with Gasteiger partial charge >= 0.3 is 0 Å². The lowest BCUT2D eigenvalue weighted by Crippen LogP contribution is -2.57. The SMILES string of the molecule is Cc1cccc(C(=O)N2CC(=O)N(c3cccc(Cl)c3)CC2C)c1O. The second-order valence-corrected chi connectivity index (χ2v) is 6.67. The topological polar surface area (TPSA) is 60.9 Å². The van der Waals surface area contributed by atoms with Crippen molar-refractivity contribution in [1.29, 1.82) is 0 Å². The van der Waals surface area contributed by atoms with Crippen LogP contribution in [-0.4, -0.2) is 41.0 Å². The first-order valence-electron chi connectivity index (χ1n) is 8.04. The summed E-state index contributed by atoms with van der Waals surface area (Å²) in [6.07, 6.45) is 0. The van der Waals surface area contributed by atoms with E-state index in [1.165, 1.54) is 4.90 Å². The van der Waals surface area contributed by atoms with Crippen LogP contribution >= 0.6 is 11.6 Å². The van der Waals surface area contributed by atoms with Crippen molar-refractivity contribution in [3.8, 4) is 5.75 Å². The molecule has 25 heavy (non-hydrogen) atoms. The number of para-hydroxylation sites is 1. The Labute approximate surface area is 151 Å². The molecule has 5 nitrogen and oxygen atoms in total. The van der Waals surface area contributed by atoms with E-state index in [4.69, 9.17) is 11.6 Å². The molecule has 0 radical (unpaired) electrons. The van der Waals surface area contributed by atoms with Gasteiger partial charge in [0.15, 0.2) is 0 Å². The molecule has 1 fully saturated rings. The standard InChI is InChI=1S/C19H19ClN2O3/c1-12-5-3-8-16(18(12)24)19(25)21-11-17(23)22(10-13(21)2)15-7-4-6-14(20)9-15/h3-9,13,24H,10-11H2,1-2H3. The maximum absolute atomic E-state index is 12.8. The molecule has 1 aliphatic rings. The third-order valence-corrected chi connectivity index (χ3v) is 4.67. The Morgan fingerprint density at radius 2 is 1.96 bits per heavy atom. The normalized spacial score (nSPS) is 17.7. The fourth-order valence-electron chi connectivity index (χ4n) is 3.00. The van der Waals surface area contributed by atoms with Crippen LogP contribution in [0.15, 0.2) is 42.5 Å². The summed E-state index contributed by atoms with van der Waals surface area (Å²) in [5.74, 6) is -0.557. The number of anilines is 1. The maximum Gasteiger partial charge on any atom is 0.258 e. The number of amides is 2. The Morgan fingerprint density at radius 3 is 2.68 bits per heavy atom. The van der Waals surface area contributed by atoms with Crippen LogP contribution in [-0.2, 0) is 4.79 Å². The summed E-state index contributed by atoms with van der Waals surface area (Å²) < 4.78 is 0. The summed E-state index contributed by atoms with van der Waals surface area (Å²) in [7, 11) is 0. The minimum atomic E-state index is -0.340. The van der Waals surface area contributed by atoms with E-state index >= 15 is 0 Å². The van der Waals surface area contributed by atoms with Crippen LogP contribution in [0, 0.1) is 6.92 Å². The number of aryl methyl sites for hydroxylation is 1. The van der Waals surface area contributed by atoms with Gasteiger partial charge in [-0.05, 0) is 43.7 Å². The van der Waals surface area contributed by atoms with E-state index in [2.05, 4.69) is 0 Å². The van der Waals surface area contributed by atoms with Crippen molar-refractivity contribution >= 4 is 29.1 Å². The van der Waals surface area contributed by atoms with Crippen molar-refractivity contribution < 1.29 is 14.7 Å². The zero-order valence-corrected chi connectivity index (χ0v) is 14.8. The van der Waals surface area contributed by atoms with Crippen LogP contribution in [0.5, 0.6) is 5.75 Å². The molecule has 1 saturated heterocycles. The zero-order chi connectivity index (χ0) is 18.1. The number of nitrogens with zero attached hydrogens (tertiary/aromatic N) is 2. The van der Waals surface area contributed by atoms with E-state index in [0.29, 0.717) is 17.1 Å². The van der Waals surface area contributed by atoms with E-state index in [1.807, 2.05) is 13.0 Å². The lowest BCUT2D eigenvalue weighted by atomic mass is 10.1. The molecule has 0 spiro atoms. The Bertz CT molecular complexity index is 837. The van der Waals surface area contributed by atoms with E-state index in [9.17, 15) is 14.7 Å². The van der Waals surface area contributed by atoms with Crippen LogP contribution in [0.2, 0.25) is 5.02 Å². The molecule has 1 atom stereocenters. The number of phenolic OH excluding ortho intramolecular Hbond substituents is 1. The van der Waals surface area contributed by atoms with Crippen LogP contribution < -0.4 is 4.90 Å². The van der Waals surface area contributed by atoms with Gasteiger partial charge in [-0.2, -0.15) is 0 Å². The number of hydrogen-bond acceptors (Lipinski definition) is 3. The van der Waals surface area contributed by atoms with E-state index in [1.54, 1.807) is 48.2 Å². The highest BCUT2D eigenvalue weighted by molar-refractivity contribution is 6.30. The number of piperazine rings is 1. The van der Waals surface area contributed by atoms with Gasteiger partial charge in [-0.25, -0.2) is 0 Å². The molecule has 3 rings (SSSR count). The minimum absolute atomic E-state index is 0.0376. The second-order valence-electron chi connectivity index (χ2n) is 6.24. The summed E-state index contributed by atoms with van der Waals surface area (Å²) in [6.45, 7) is 3.95. The van der Waals surface area contributed by atoms with Gasteiger partial charge < -0.3 is 14.9 Å². The average molecular weight is 359 g/mol. The minimum Gasteiger partial charge on any atom is -0.507 e. The summed E-state index contributed by atoms with van der Waals surface area (Å²) in [5.41, 5.74) is 1.56. The van der Waals surface area contributed by atoms with Crippen LogP contribution in [0.3, 0.4) is 0 Å². The Hall–Kier alpha value is -2.53. The lowest BCUT2D eigenvalue weighted by Gasteiger charge is -2.39. The molecule has 0 aromatic heterocycles. The molecular formula is C19H19ClN2O3. The van der Waals surface area contributed by atoms with Crippen molar-refractivity contribution in [2.45, 2.75) is 19.9 Å². The molecule has 0 bridgehead atoms. The van der Waals surface area contributed by atoms with Crippen molar-refractivity contribution in [2.24, 2.45) is 0 Å². The third-order valence-electron chi connectivity index (χ3n) is 4.43. The van der Waals surface area contributed by atoms with Crippen molar-refractivity contribution in [3.05, 3.63) is 58.6 Å². The maximum atomic E-state index is 12.8. The molecule has 1 aliphatic heterocycles. The van der Waals surface area contributed by atoms with Gasteiger partial charge in [0.05, 0.1) is 5.56 Å². The highest BCUT2D eigenvalue weighted by atomic mass is 35.5. The third kappa shape index (κ3) is 3.33. The Kier molecular flexibility index (Phi) is 4.68. The summed E-state index contributed by atoms with van der Waals surface area (Å²) in [5, 5.41) is 10.7. The quantitative estimate of drug-likeness (QED) is 0.896. The van der Waals surface area contributed by atoms with E-state index < -0.39 is 0 Å². The van der Waals surface area contributed by atoms with Crippen LogP contribution in [0.4, 0.5) is 5.69 Å². The molecule has 1 heterocycles. The van der Waals surface area contributed by atoms with Gasteiger partial charge in [-0.15, -0.1) is 0 Å². The largest absolute Gasteiger partial charge is 0.507 e. The number of aromatic hydroxyl groups is 1. The first-order chi connectivity index (χ1) is 11.9. The fraction of sp³-hybridized carbons (Fsp3) is 0.263. The van der Waals surface area contributed by atoms with Gasteiger partial charge in [0, 0.05) is 23.3 Å². The molecule has 2 aromatic carbocycles. The average Bonchev–Trinajstić information content (AvgIpc) is 2.58.